The molecule has 0 amide bonds. The van der Waals surface area contributed by atoms with Crippen LogP contribution >= 0.6 is 0 Å². The van der Waals surface area contributed by atoms with Gasteiger partial charge >= 0.3 is 17.9 Å². The van der Waals surface area contributed by atoms with Crippen LogP contribution in [0.1, 0.15) is 350 Å². The molecular formula is C63H122O6. The summed E-state index contributed by atoms with van der Waals surface area (Å²) in [6.07, 6.45) is 58.1. The van der Waals surface area contributed by atoms with E-state index in [-0.39, 0.29) is 31.1 Å². The second-order valence-electron chi connectivity index (χ2n) is 22.7. The number of unbranched alkanes of at least 4 members (excludes halogenated alkanes) is 37. The van der Waals surface area contributed by atoms with E-state index in [0.717, 1.165) is 75.5 Å². The zero-order chi connectivity index (χ0) is 50.5. The average Bonchev–Trinajstić information content (AvgIpc) is 3.34. The van der Waals surface area contributed by atoms with Crippen LogP contribution in [0.5, 0.6) is 0 Å². The normalized spacial score (nSPS) is 12.9. The third-order valence-corrected chi connectivity index (χ3v) is 15.1. The van der Waals surface area contributed by atoms with Crippen molar-refractivity contribution < 1.29 is 28.6 Å². The van der Waals surface area contributed by atoms with Crippen molar-refractivity contribution in [2.24, 2.45) is 17.8 Å². The van der Waals surface area contributed by atoms with Gasteiger partial charge in [-0.15, -0.1) is 0 Å². The highest BCUT2D eigenvalue weighted by Gasteiger charge is 2.19. The van der Waals surface area contributed by atoms with Crippen LogP contribution < -0.4 is 0 Å². The van der Waals surface area contributed by atoms with E-state index in [1.807, 2.05) is 0 Å². The smallest absolute Gasteiger partial charge is 0.306 e. The Balaban J connectivity index is 4.24. The van der Waals surface area contributed by atoms with E-state index in [1.54, 1.807) is 0 Å². The zero-order valence-corrected chi connectivity index (χ0v) is 47.6. The average molecular weight is 976 g/mol. The number of carbonyl (C=O) groups is 3. The maximum atomic E-state index is 12.9. The second-order valence-corrected chi connectivity index (χ2v) is 22.7. The van der Waals surface area contributed by atoms with E-state index in [1.165, 1.54) is 231 Å². The third kappa shape index (κ3) is 54.0. The fourth-order valence-electron chi connectivity index (χ4n) is 9.64. The van der Waals surface area contributed by atoms with E-state index >= 15 is 0 Å². The summed E-state index contributed by atoms with van der Waals surface area (Å²) in [5.74, 6) is 1.76. The fraction of sp³-hybridized carbons (Fsp3) is 0.952. The lowest BCUT2D eigenvalue weighted by molar-refractivity contribution is -0.167. The molecule has 0 spiro atoms. The largest absolute Gasteiger partial charge is 0.462 e. The fourth-order valence-corrected chi connectivity index (χ4v) is 9.64. The number of ether oxygens (including phenoxy) is 3. The summed E-state index contributed by atoms with van der Waals surface area (Å²) in [5.41, 5.74) is 0. The quantitative estimate of drug-likeness (QED) is 0.0343. The van der Waals surface area contributed by atoms with Crippen LogP contribution in [-0.4, -0.2) is 37.2 Å². The molecule has 0 radical (unpaired) electrons. The van der Waals surface area contributed by atoms with Gasteiger partial charge in [0.1, 0.15) is 13.2 Å². The van der Waals surface area contributed by atoms with Gasteiger partial charge in [0.15, 0.2) is 6.10 Å². The summed E-state index contributed by atoms with van der Waals surface area (Å²) in [4.78, 5) is 38.2. The Bertz CT molecular complexity index is 1070. The molecular weight excluding hydrogens is 853 g/mol. The highest BCUT2D eigenvalue weighted by molar-refractivity contribution is 5.71. The van der Waals surface area contributed by atoms with Gasteiger partial charge in [-0.1, -0.05) is 311 Å². The molecule has 0 saturated carbocycles. The van der Waals surface area contributed by atoms with Gasteiger partial charge in [-0.05, 0) is 37.0 Å². The van der Waals surface area contributed by atoms with Crippen molar-refractivity contribution in [3.63, 3.8) is 0 Å². The molecule has 0 rings (SSSR count). The van der Waals surface area contributed by atoms with Crippen molar-refractivity contribution >= 4 is 17.9 Å². The van der Waals surface area contributed by atoms with Crippen LogP contribution in [-0.2, 0) is 28.6 Å². The van der Waals surface area contributed by atoms with Crippen LogP contribution in [0, 0.1) is 17.8 Å². The Labute approximate surface area is 431 Å². The predicted octanol–water partition coefficient (Wildman–Crippen LogP) is 20.7. The van der Waals surface area contributed by atoms with Crippen LogP contribution in [0.3, 0.4) is 0 Å². The molecule has 6 heteroatoms. The molecule has 2 unspecified atom stereocenters. The lowest BCUT2D eigenvalue weighted by Gasteiger charge is -2.18. The molecule has 3 atom stereocenters. The standard InChI is InChI=1S/C63H122O6/c1-7-58(5)50-44-38-32-26-22-18-13-11-9-10-12-14-19-23-27-34-40-46-52-61(64)67-55-60(56-68-62(65)53-47-41-35-30-29-33-39-45-51-59(6)8-2)69-63(66)54-48-42-36-28-24-20-16-15-17-21-25-31-37-43-49-57(3)4/h57-60H,7-56H2,1-6H3/t58?,59?,60-/m0/s1. The van der Waals surface area contributed by atoms with Crippen LogP contribution in [0.4, 0.5) is 0 Å². The third-order valence-electron chi connectivity index (χ3n) is 15.1. The first-order chi connectivity index (χ1) is 33.7. The lowest BCUT2D eigenvalue weighted by Crippen LogP contribution is -2.30. The Morgan fingerprint density at radius 1 is 0.290 bits per heavy atom. The number of carbonyl (C=O) groups excluding carboxylic acids is 3. The molecule has 0 N–H and O–H groups in total. The van der Waals surface area contributed by atoms with E-state index in [4.69, 9.17) is 14.2 Å². The summed E-state index contributed by atoms with van der Waals surface area (Å²) in [5, 5.41) is 0. The molecule has 0 heterocycles. The van der Waals surface area contributed by atoms with Crippen molar-refractivity contribution in [1.29, 1.82) is 0 Å². The van der Waals surface area contributed by atoms with E-state index in [0.29, 0.717) is 19.3 Å². The molecule has 0 aliphatic heterocycles. The Morgan fingerprint density at radius 3 is 0.754 bits per heavy atom. The molecule has 0 aliphatic rings. The van der Waals surface area contributed by atoms with Gasteiger partial charge in [0.05, 0.1) is 0 Å². The Hall–Kier alpha value is -1.59. The summed E-state index contributed by atoms with van der Waals surface area (Å²) in [6, 6.07) is 0. The highest BCUT2D eigenvalue weighted by Crippen LogP contribution is 2.20. The molecule has 0 aromatic heterocycles. The van der Waals surface area contributed by atoms with Gasteiger partial charge in [-0.3, -0.25) is 14.4 Å². The number of hydrogen-bond donors (Lipinski definition) is 0. The minimum atomic E-state index is -0.764. The van der Waals surface area contributed by atoms with Crippen LogP contribution in [0.2, 0.25) is 0 Å². The molecule has 0 fully saturated rings. The molecule has 69 heavy (non-hydrogen) atoms. The van der Waals surface area contributed by atoms with Crippen molar-refractivity contribution in [2.45, 2.75) is 356 Å². The number of hydrogen-bond acceptors (Lipinski definition) is 6. The van der Waals surface area contributed by atoms with Gasteiger partial charge in [0.25, 0.3) is 0 Å². The van der Waals surface area contributed by atoms with Crippen molar-refractivity contribution in [3.8, 4) is 0 Å². The van der Waals surface area contributed by atoms with Gasteiger partial charge in [0, 0.05) is 19.3 Å². The van der Waals surface area contributed by atoms with E-state index < -0.39 is 6.10 Å². The molecule has 0 aromatic rings. The second kappa shape index (κ2) is 54.2. The summed E-state index contributed by atoms with van der Waals surface area (Å²) < 4.78 is 16.9. The van der Waals surface area contributed by atoms with Gasteiger partial charge in [-0.2, -0.15) is 0 Å². The minimum Gasteiger partial charge on any atom is -0.462 e. The highest BCUT2D eigenvalue weighted by atomic mass is 16.6. The minimum absolute atomic E-state index is 0.0632. The Kier molecular flexibility index (Phi) is 52.9. The molecule has 0 aromatic carbocycles. The SMILES string of the molecule is CCC(C)CCCCCCCCCCCCCCCCCCCCC(=O)OC[C@@H](COC(=O)CCCCCCCCCCC(C)CC)OC(=O)CCCCCCCCCCCCCCCCC(C)C. The maximum Gasteiger partial charge on any atom is 0.306 e. The summed E-state index contributed by atoms with van der Waals surface area (Å²) in [7, 11) is 0. The van der Waals surface area contributed by atoms with Crippen molar-refractivity contribution in [3.05, 3.63) is 0 Å². The van der Waals surface area contributed by atoms with Crippen LogP contribution in [0.15, 0.2) is 0 Å². The topological polar surface area (TPSA) is 78.9 Å². The molecule has 0 bridgehead atoms. The maximum absolute atomic E-state index is 12.9. The van der Waals surface area contributed by atoms with Gasteiger partial charge in [0.2, 0.25) is 0 Å². The van der Waals surface area contributed by atoms with Crippen LogP contribution in [0.25, 0.3) is 0 Å². The molecule has 0 aliphatic carbocycles. The summed E-state index contributed by atoms with van der Waals surface area (Å²) in [6.45, 7) is 13.8. The van der Waals surface area contributed by atoms with Gasteiger partial charge in [-0.25, -0.2) is 0 Å². The van der Waals surface area contributed by atoms with Crippen molar-refractivity contribution in [2.75, 3.05) is 13.2 Å². The molecule has 6 nitrogen and oxygen atoms in total. The zero-order valence-electron chi connectivity index (χ0n) is 47.6. The predicted molar refractivity (Wildman–Crippen MR) is 298 cm³/mol. The summed E-state index contributed by atoms with van der Waals surface area (Å²) >= 11 is 0. The van der Waals surface area contributed by atoms with E-state index in [9.17, 15) is 14.4 Å². The van der Waals surface area contributed by atoms with Crippen molar-refractivity contribution in [1.82, 2.24) is 0 Å². The first-order valence-electron chi connectivity index (χ1n) is 31.2. The monoisotopic (exact) mass is 975 g/mol. The molecule has 410 valence electrons. The lowest BCUT2D eigenvalue weighted by atomic mass is 9.99. The first kappa shape index (κ1) is 67.4. The van der Waals surface area contributed by atoms with E-state index in [2.05, 4.69) is 41.5 Å². The first-order valence-corrected chi connectivity index (χ1v) is 31.2. The molecule has 0 saturated heterocycles. The number of rotatable bonds is 56. The number of esters is 3. The van der Waals surface area contributed by atoms with Gasteiger partial charge < -0.3 is 14.2 Å². The Morgan fingerprint density at radius 2 is 0.507 bits per heavy atom.